The number of hydrogen-bond acceptors (Lipinski definition) is 2. The molecule has 0 saturated carbocycles. The van der Waals surface area contributed by atoms with E-state index in [9.17, 15) is 0 Å². The van der Waals surface area contributed by atoms with Crippen molar-refractivity contribution >= 4 is 23.2 Å². The summed E-state index contributed by atoms with van der Waals surface area (Å²) >= 11 is 1.89. The lowest BCUT2D eigenvalue weighted by atomic mass is 9.87. The van der Waals surface area contributed by atoms with E-state index in [4.69, 9.17) is 4.99 Å². The Morgan fingerprint density at radius 1 is 0.800 bits per heavy atom. The highest BCUT2D eigenvalue weighted by molar-refractivity contribution is 8.04. The van der Waals surface area contributed by atoms with Gasteiger partial charge in [-0.05, 0) is 34.4 Å². The van der Waals surface area contributed by atoms with Gasteiger partial charge < -0.3 is 0 Å². The second-order valence-electron chi connectivity index (χ2n) is 8.05. The van der Waals surface area contributed by atoms with Gasteiger partial charge in [0, 0.05) is 28.1 Å². The van der Waals surface area contributed by atoms with E-state index in [0.29, 0.717) is 11.8 Å². The molecular weight excluding hydrogens is 382 g/mol. The third kappa shape index (κ3) is 3.57. The van der Waals surface area contributed by atoms with Crippen LogP contribution < -0.4 is 0 Å². The van der Waals surface area contributed by atoms with Crippen LogP contribution in [0.1, 0.15) is 54.4 Å². The monoisotopic (exact) mass is 407 g/mol. The molecule has 0 saturated heterocycles. The first-order valence-corrected chi connectivity index (χ1v) is 11.4. The van der Waals surface area contributed by atoms with E-state index < -0.39 is 0 Å². The van der Waals surface area contributed by atoms with E-state index in [1.165, 1.54) is 37.8 Å². The normalized spacial score (nSPS) is 16.7. The van der Waals surface area contributed by atoms with Crippen molar-refractivity contribution in [3.63, 3.8) is 0 Å². The van der Waals surface area contributed by atoms with Crippen molar-refractivity contribution in [2.45, 2.75) is 37.0 Å². The summed E-state index contributed by atoms with van der Waals surface area (Å²) in [4.78, 5) is 7.71. The zero-order chi connectivity index (χ0) is 20.5. The quantitative estimate of drug-likeness (QED) is 0.426. The fourth-order valence-electron chi connectivity index (χ4n) is 4.26. The minimum atomic E-state index is 0.312. The topological polar surface area (TPSA) is 12.4 Å². The third-order valence-corrected chi connectivity index (χ3v) is 7.37. The van der Waals surface area contributed by atoms with Gasteiger partial charge in [0.2, 0.25) is 0 Å². The van der Waals surface area contributed by atoms with Gasteiger partial charge in [-0.25, -0.2) is 0 Å². The molecule has 2 atom stereocenters. The highest BCUT2D eigenvalue weighted by Gasteiger charge is 2.25. The van der Waals surface area contributed by atoms with E-state index in [2.05, 4.69) is 105 Å². The van der Waals surface area contributed by atoms with Gasteiger partial charge in [0.15, 0.2) is 0 Å². The lowest BCUT2D eigenvalue weighted by molar-refractivity contribution is 0.865. The van der Waals surface area contributed by atoms with Gasteiger partial charge in [0.05, 0.1) is 11.4 Å². The van der Waals surface area contributed by atoms with Crippen LogP contribution >= 0.6 is 11.8 Å². The van der Waals surface area contributed by atoms with Crippen molar-refractivity contribution in [3.05, 3.63) is 118 Å². The molecule has 0 bridgehead atoms. The van der Waals surface area contributed by atoms with Crippen LogP contribution in [0.25, 0.3) is 0 Å². The molecule has 5 rings (SSSR count). The Kier molecular flexibility index (Phi) is 5.18. The van der Waals surface area contributed by atoms with Crippen molar-refractivity contribution in [1.82, 2.24) is 0 Å². The Morgan fingerprint density at radius 2 is 1.47 bits per heavy atom. The fraction of sp³-hybridized carbons (Fsp3) is 0.179. The zero-order valence-electron chi connectivity index (χ0n) is 17.4. The predicted molar refractivity (Wildman–Crippen MR) is 129 cm³/mol. The molecule has 1 aliphatic heterocycles. The number of allylic oxidation sites excluding steroid dienone is 4. The van der Waals surface area contributed by atoms with Crippen molar-refractivity contribution in [2.75, 3.05) is 0 Å². The summed E-state index contributed by atoms with van der Waals surface area (Å²) in [5, 5.41) is 0. The third-order valence-electron chi connectivity index (χ3n) is 6.13. The van der Waals surface area contributed by atoms with Crippen LogP contribution in [0, 0.1) is 0 Å². The Labute approximate surface area is 183 Å². The number of fused-ring (bicyclic) bond motifs is 2. The maximum Gasteiger partial charge on any atom is 0.0778 e. The molecule has 2 heteroatoms. The lowest BCUT2D eigenvalue weighted by Crippen LogP contribution is -2.09. The molecule has 1 aliphatic carbocycles. The van der Waals surface area contributed by atoms with Gasteiger partial charge in [0.1, 0.15) is 0 Å². The van der Waals surface area contributed by atoms with Crippen LogP contribution in [0.5, 0.6) is 0 Å². The molecule has 1 nitrogen and oxygen atoms in total. The Bertz CT molecular complexity index is 1160. The Morgan fingerprint density at radius 3 is 2.17 bits per heavy atom. The van der Waals surface area contributed by atoms with Gasteiger partial charge in [-0.1, -0.05) is 104 Å². The molecular formula is C28H25NS. The second kappa shape index (κ2) is 8.12. The average Bonchev–Trinajstić information content (AvgIpc) is 2.82. The van der Waals surface area contributed by atoms with Crippen LogP contribution in [0.2, 0.25) is 0 Å². The number of thioether (sulfide) groups is 1. The minimum Gasteiger partial charge on any atom is -0.251 e. The van der Waals surface area contributed by atoms with Crippen molar-refractivity contribution in [3.8, 4) is 0 Å². The SMILES string of the molecule is CC(c1ccccc1)c1cc2c(c(C(C)c3ccccc3)c1)SC1=CC=CCC1=N2. The molecule has 148 valence electrons. The summed E-state index contributed by atoms with van der Waals surface area (Å²) in [5.41, 5.74) is 7.71. The van der Waals surface area contributed by atoms with E-state index in [-0.39, 0.29) is 0 Å². The van der Waals surface area contributed by atoms with Gasteiger partial charge >= 0.3 is 0 Å². The molecule has 0 fully saturated rings. The molecule has 2 aliphatic rings. The highest BCUT2D eigenvalue weighted by Crippen LogP contribution is 2.48. The van der Waals surface area contributed by atoms with Crippen molar-refractivity contribution < 1.29 is 0 Å². The van der Waals surface area contributed by atoms with E-state index in [1.54, 1.807) is 0 Å². The molecule has 0 aromatic heterocycles. The van der Waals surface area contributed by atoms with Crippen LogP contribution in [-0.4, -0.2) is 5.71 Å². The summed E-state index contributed by atoms with van der Waals surface area (Å²) in [6.07, 6.45) is 7.46. The van der Waals surface area contributed by atoms with Crippen molar-refractivity contribution in [2.24, 2.45) is 4.99 Å². The maximum absolute atomic E-state index is 5.12. The second-order valence-corrected chi connectivity index (χ2v) is 9.10. The average molecular weight is 408 g/mol. The first kappa shape index (κ1) is 19.1. The summed E-state index contributed by atoms with van der Waals surface area (Å²) in [6, 6.07) is 26.3. The van der Waals surface area contributed by atoms with E-state index in [1.807, 2.05) is 11.8 Å². The molecule has 0 radical (unpaired) electrons. The molecule has 0 spiro atoms. The largest absolute Gasteiger partial charge is 0.251 e. The molecule has 30 heavy (non-hydrogen) atoms. The maximum atomic E-state index is 5.12. The summed E-state index contributed by atoms with van der Waals surface area (Å²) in [5.74, 6) is 0.637. The summed E-state index contributed by atoms with van der Waals surface area (Å²) in [6.45, 7) is 4.61. The van der Waals surface area contributed by atoms with Crippen LogP contribution in [-0.2, 0) is 0 Å². The standard InChI is InChI=1S/C28H25NS/c1-19(21-11-5-3-6-12-21)23-17-24(20(2)22-13-7-4-8-14-22)28-26(18-23)29-25-15-9-10-16-27(25)30-28/h3-14,16-20H,15H2,1-2H3. The Hall–Kier alpha value is -2.84. The fourth-order valence-corrected chi connectivity index (χ4v) is 5.44. The molecule has 1 heterocycles. The van der Waals surface area contributed by atoms with E-state index in [0.717, 1.165) is 12.1 Å². The van der Waals surface area contributed by atoms with Gasteiger partial charge in [-0.2, -0.15) is 0 Å². The van der Waals surface area contributed by atoms with Gasteiger partial charge in [-0.3, -0.25) is 4.99 Å². The van der Waals surface area contributed by atoms with Crippen LogP contribution in [0.3, 0.4) is 0 Å². The number of aliphatic imine (C=N–C) groups is 1. The predicted octanol–water partition coefficient (Wildman–Crippen LogP) is 8.01. The van der Waals surface area contributed by atoms with Crippen molar-refractivity contribution in [1.29, 1.82) is 0 Å². The zero-order valence-corrected chi connectivity index (χ0v) is 18.2. The summed E-state index contributed by atoms with van der Waals surface area (Å²) < 4.78 is 0. The molecule has 0 amide bonds. The Balaban J connectivity index is 1.66. The first-order chi connectivity index (χ1) is 14.7. The molecule has 0 N–H and O–H groups in total. The van der Waals surface area contributed by atoms with Gasteiger partial charge in [0.25, 0.3) is 0 Å². The summed E-state index contributed by atoms with van der Waals surface area (Å²) in [7, 11) is 0. The highest BCUT2D eigenvalue weighted by atomic mass is 32.2. The molecule has 3 aromatic carbocycles. The van der Waals surface area contributed by atoms with Crippen LogP contribution in [0.4, 0.5) is 5.69 Å². The number of rotatable bonds is 4. The minimum absolute atomic E-state index is 0.312. The molecule has 2 unspecified atom stereocenters. The number of hydrogen-bond donors (Lipinski definition) is 0. The lowest BCUT2D eigenvalue weighted by Gasteiger charge is -2.26. The smallest absolute Gasteiger partial charge is 0.0778 e. The number of nitrogens with zero attached hydrogens (tertiary/aromatic N) is 1. The van der Waals surface area contributed by atoms with E-state index >= 15 is 0 Å². The van der Waals surface area contributed by atoms with Gasteiger partial charge in [-0.15, -0.1) is 0 Å². The molecule has 3 aromatic rings. The number of benzene rings is 3. The first-order valence-electron chi connectivity index (χ1n) is 10.6. The van der Waals surface area contributed by atoms with Crippen LogP contribution in [0.15, 0.2) is 106 Å².